The molecule has 3 heterocycles. The van der Waals surface area contributed by atoms with Crippen LogP contribution in [0.15, 0.2) is 42.5 Å². The minimum atomic E-state index is -0.370. The first-order chi connectivity index (χ1) is 14.6. The number of hydrogen-bond donors (Lipinski definition) is 1. The molecule has 0 saturated carbocycles. The summed E-state index contributed by atoms with van der Waals surface area (Å²) in [4.78, 5) is 13.6. The Hall–Kier alpha value is -3.06. The van der Waals surface area contributed by atoms with Crippen molar-refractivity contribution in [3.05, 3.63) is 64.5 Å². The van der Waals surface area contributed by atoms with Crippen molar-refractivity contribution >= 4 is 33.0 Å². The number of amides is 1. The van der Waals surface area contributed by atoms with E-state index in [4.69, 9.17) is 0 Å². The first-order valence-electron chi connectivity index (χ1n) is 10.1. The van der Waals surface area contributed by atoms with Gasteiger partial charge in [-0.3, -0.25) is 4.79 Å². The third kappa shape index (κ3) is 3.29. The Morgan fingerprint density at radius 3 is 2.87 bits per heavy atom. The van der Waals surface area contributed by atoms with Crippen LogP contribution in [0.2, 0.25) is 0 Å². The molecule has 0 fully saturated rings. The fourth-order valence-electron chi connectivity index (χ4n) is 4.04. The van der Waals surface area contributed by atoms with Crippen LogP contribution in [0.1, 0.15) is 40.3 Å². The van der Waals surface area contributed by atoms with E-state index in [1.54, 1.807) is 12.1 Å². The van der Waals surface area contributed by atoms with Crippen LogP contribution in [0.4, 0.5) is 10.1 Å². The van der Waals surface area contributed by atoms with Crippen molar-refractivity contribution in [2.45, 2.75) is 39.2 Å². The monoisotopic (exact) mass is 420 g/mol. The molecular formula is C23H21FN4OS. The maximum atomic E-state index is 14.7. The number of nitrogens with one attached hydrogen (secondary N) is 1. The number of aromatic nitrogens is 3. The largest absolute Gasteiger partial charge is 0.321 e. The first-order valence-corrected chi connectivity index (χ1v) is 10.9. The highest BCUT2D eigenvalue weighted by Gasteiger charge is 2.20. The Labute approximate surface area is 177 Å². The lowest BCUT2D eigenvalue weighted by Crippen LogP contribution is -2.12. The molecule has 0 aliphatic carbocycles. The van der Waals surface area contributed by atoms with Crippen LogP contribution in [0, 0.1) is 12.7 Å². The molecule has 0 bridgehead atoms. The molecule has 0 radical (unpaired) electrons. The van der Waals surface area contributed by atoms with Gasteiger partial charge in [0.15, 0.2) is 5.82 Å². The van der Waals surface area contributed by atoms with Gasteiger partial charge in [0, 0.05) is 23.4 Å². The fraction of sp³-hybridized carbons (Fsp3) is 0.261. The number of anilines is 1. The van der Waals surface area contributed by atoms with Crippen LogP contribution >= 0.6 is 11.3 Å². The van der Waals surface area contributed by atoms with Crippen molar-refractivity contribution in [1.29, 1.82) is 0 Å². The van der Waals surface area contributed by atoms with E-state index < -0.39 is 0 Å². The van der Waals surface area contributed by atoms with E-state index in [2.05, 4.69) is 15.5 Å². The summed E-state index contributed by atoms with van der Waals surface area (Å²) in [7, 11) is 0. The minimum absolute atomic E-state index is 0.189. The molecule has 1 aliphatic heterocycles. The maximum absolute atomic E-state index is 14.7. The summed E-state index contributed by atoms with van der Waals surface area (Å²) in [6, 6.07) is 12.6. The summed E-state index contributed by atoms with van der Waals surface area (Å²) in [5.74, 6) is 0.868. The molecule has 0 saturated heterocycles. The number of benzene rings is 2. The quantitative estimate of drug-likeness (QED) is 0.470. The van der Waals surface area contributed by atoms with E-state index in [1.165, 1.54) is 17.4 Å². The maximum Gasteiger partial charge on any atom is 0.266 e. The lowest BCUT2D eigenvalue weighted by atomic mass is 10.1. The van der Waals surface area contributed by atoms with Gasteiger partial charge in [0.2, 0.25) is 0 Å². The lowest BCUT2D eigenvalue weighted by Gasteiger charge is -2.10. The SMILES string of the molecule is Cc1c(C(=O)Nc2ccc(F)c(-c3nnc4n3CCCCC4)c2)sc2ccccc12. The normalized spacial score (nSPS) is 13.8. The molecule has 1 aliphatic rings. The average Bonchev–Trinajstić information content (AvgIpc) is 3.21. The fourth-order valence-corrected chi connectivity index (χ4v) is 5.14. The molecule has 152 valence electrons. The second kappa shape index (κ2) is 7.65. The number of carbonyl (C=O) groups excluding carboxylic acids is 1. The Kier molecular flexibility index (Phi) is 4.83. The standard InChI is InChI=1S/C23H21FN4OS/c1-14-16-7-4-5-8-19(16)30-21(14)23(29)25-15-10-11-18(24)17(13-15)22-27-26-20-9-3-2-6-12-28(20)22/h4-5,7-8,10-11,13H,2-3,6,9,12H2,1H3,(H,25,29). The molecule has 0 unspecified atom stereocenters. The Bertz CT molecular complexity index is 1260. The van der Waals surface area contributed by atoms with Crippen molar-refractivity contribution in [2.75, 3.05) is 5.32 Å². The van der Waals surface area contributed by atoms with Gasteiger partial charge in [-0.2, -0.15) is 0 Å². The van der Waals surface area contributed by atoms with E-state index in [1.807, 2.05) is 35.8 Å². The van der Waals surface area contributed by atoms with E-state index in [-0.39, 0.29) is 11.7 Å². The van der Waals surface area contributed by atoms with Crippen LogP contribution in [0.3, 0.4) is 0 Å². The summed E-state index contributed by atoms with van der Waals surface area (Å²) in [5, 5.41) is 12.5. The van der Waals surface area contributed by atoms with Gasteiger partial charge in [0.05, 0.1) is 10.4 Å². The second-order valence-electron chi connectivity index (χ2n) is 7.60. The van der Waals surface area contributed by atoms with Crippen molar-refractivity contribution in [3.8, 4) is 11.4 Å². The van der Waals surface area contributed by atoms with E-state index in [0.29, 0.717) is 22.0 Å². The van der Waals surface area contributed by atoms with Crippen LogP contribution in [0.25, 0.3) is 21.5 Å². The van der Waals surface area contributed by atoms with Crippen molar-refractivity contribution in [2.24, 2.45) is 0 Å². The molecule has 1 amide bonds. The smallest absolute Gasteiger partial charge is 0.266 e. The number of fused-ring (bicyclic) bond motifs is 2. The Balaban J connectivity index is 1.47. The zero-order valence-electron chi connectivity index (χ0n) is 16.6. The predicted octanol–water partition coefficient (Wildman–Crippen LogP) is 5.59. The number of carbonyl (C=O) groups is 1. The van der Waals surface area contributed by atoms with Gasteiger partial charge in [-0.15, -0.1) is 21.5 Å². The molecule has 5 nitrogen and oxygen atoms in total. The number of halogens is 1. The Morgan fingerprint density at radius 2 is 2.00 bits per heavy atom. The molecule has 2 aromatic carbocycles. The number of rotatable bonds is 3. The minimum Gasteiger partial charge on any atom is -0.321 e. The number of aryl methyl sites for hydroxylation is 2. The predicted molar refractivity (Wildman–Crippen MR) is 117 cm³/mol. The average molecular weight is 421 g/mol. The van der Waals surface area contributed by atoms with Crippen LogP contribution in [0.5, 0.6) is 0 Å². The van der Waals surface area contributed by atoms with Crippen LogP contribution in [-0.2, 0) is 13.0 Å². The summed E-state index contributed by atoms with van der Waals surface area (Å²) in [5.41, 5.74) is 1.86. The van der Waals surface area contributed by atoms with Crippen molar-refractivity contribution in [1.82, 2.24) is 14.8 Å². The summed E-state index contributed by atoms with van der Waals surface area (Å²) >= 11 is 1.46. The third-order valence-electron chi connectivity index (χ3n) is 5.62. The molecule has 2 aromatic heterocycles. The van der Waals surface area contributed by atoms with Crippen molar-refractivity contribution < 1.29 is 9.18 Å². The highest BCUT2D eigenvalue weighted by Crippen LogP contribution is 2.32. The summed E-state index contributed by atoms with van der Waals surface area (Å²) in [6.07, 6.45) is 4.10. The van der Waals surface area contributed by atoms with Gasteiger partial charge in [0.25, 0.3) is 5.91 Å². The third-order valence-corrected chi connectivity index (χ3v) is 6.90. The Morgan fingerprint density at radius 1 is 1.13 bits per heavy atom. The first kappa shape index (κ1) is 18.9. The van der Waals surface area contributed by atoms with Gasteiger partial charge in [-0.05, 0) is 55.0 Å². The topological polar surface area (TPSA) is 59.8 Å². The molecule has 0 spiro atoms. The molecule has 30 heavy (non-hydrogen) atoms. The molecular weight excluding hydrogens is 399 g/mol. The molecule has 7 heteroatoms. The zero-order chi connectivity index (χ0) is 20.7. The van der Waals surface area contributed by atoms with Crippen LogP contribution in [-0.4, -0.2) is 20.7 Å². The molecule has 0 atom stereocenters. The highest BCUT2D eigenvalue weighted by atomic mass is 32.1. The van der Waals surface area contributed by atoms with E-state index in [0.717, 1.165) is 53.7 Å². The number of hydrogen-bond acceptors (Lipinski definition) is 4. The van der Waals surface area contributed by atoms with E-state index in [9.17, 15) is 9.18 Å². The summed E-state index contributed by atoms with van der Waals surface area (Å²) < 4.78 is 17.8. The van der Waals surface area contributed by atoms with Gasteiger partial charge >= 0.3 is 0 Å². The van der Waals surface area contributed by atoms with Gasteiger partial charge in [0.1, 0.15) is 11.6 Å². The molecule has 1 N–H and O–H groups in total. The highest BCUT2D eigenvalue weighted by molar-refractivity contribution is 7.21. The van der Waals surface area contributed by atoms with Crippen molar-refractivity contribution in [3.63, 3.8) is 0 Å². The van der Waals surface area contributed by atoms with Gasteiger partial charge in [-0.1, -0.05) is 24.6 Å². The van der Waals surface area contributed by atoms with Gasteiger partial charge in [-0.25, -0.2) is 4.39 Å². The number of thiophene rings is 1. The summed E-state index contributed by atoms with van der Waals surface area (Å²) in [6.45, 7) is 2.74. The van der Waals surface area contributed by atoms with E-state index >= 15 is 0 Å². The van der Waals surface area contributed by atoms with Crippen LogP contribution < -0.4 is 5.32 Å². The molecule has 5 rings (SSSR count). The lowest BCUT2D eigenvalue weighted by molar-refractivity contribution is 0.103. The second-order valence-corrected chi connectivity index (χ2v) is 8.66. The van der Waals surface area contributed by atoms with Gasteiger partial charge < -0.3 is 9.88 Å². The number of nitrogens with zero attached hydrogens (tertiary/aromatic N) is 3. The molecule has 4 aromatic rings. The zero-order valence-corrected chi connectivity index (χ0v) is 17.4.